The second kappa shape index (κ2) is 8.08. The number of furan rings is 1. The van der Waals surface area contributed by atoms with Crippen LogP contribution in [-0.4, -0.2) is 42.1 Å². The Morgan fingerprint density at radius 1 is 1.07 bits per heavy atom. The van der Waals surface area contributed by atoms with Gasteiger partial charge in [-0.1, -0.05) is 12.1 Å². The number of hydrogen-bond acceptors (Lipinski definition) is 6. The van der Waals surface area contributed by atoms with Crippen LogP contribution in [0.2, 0.25) is 0 Å². The van der Waals surface area contributed by atoms with Crippen molar-refractivity contribution in [3.63, 3.8) is 0 Å². The smallest absolute Gasteiger partial charge is 0.270 e. The summed E-state index contributed by atoms with van der Waals surface area (Å²) in [6.45, 7) is 2.89. The number of halogens is 1. The SMILES string of the molecule is O=C(NCc1ccco1)c1ccnc(N2CCN(c3ccccc3F)CC2)n1. The monoisotopic (exact) mass is 381 g/mol. The van der Waals surface area contributed by atoms with Gasteiger partial charge in [-0.05, 0) is 30.3 Å². The van der Waals surface area contributed by atoms with Crippen LogP contribution in [0.15, 0.2) is 59.3 Å². The number of para-hydroxylation sites is 1. The fraction of sp³-hybridized carbons (Fsp3) is 0.250. The lowest BCUT2D eigenvalue weighted by atomic mass is 10.2. The van der Waals surface area contributed by atoms with E-state index in [2.05, 4.69) is 15.3 Å². The molecule has 0 unspecified atom stereocenters. The predicted octanol–water partition coefficient (Wildman–Crippen LogP) is 2.47. The summed E-state index contributed by atoms with van der Waals surface area (Å²) >= 11 is 0. The average Bonchev–Trinajstić information content (AvgIpc) is 3.26. The van der Waals surface area contributed by atoms with Crippen LogP contribution < -0.4 is 15.1 Å². The summed E-state index contributed by atoms with van der Waals surface area (Å²) in [5.74, 6) is 0.665. The van der Waals surface area contributed by atoms with Crippen LogP contribution in [0.1, 0.15) is 16.2 Å². The molecule has 1 aromatic carbocycles. The molecule has 0 bridgehead atoms. The summed E-state index contributed by atoms with van der Waals surface area (Å²) in [6.07, 6.45) is 3.14. The molecule has 1 aliphatic rings. The highest BCUT2D eigenvalue weighted by molar-refractivity contribution is 5.92. The molecule has 4 rings (SSSR count). The van der Waals surface area contributed by atoms with E-state index >= 15 is 0 Å². The first kappa shape index (κ1) is 18.0. The number of aromatic nitrogens is 2. The van der Waals surface area contributed by atoms with Crippen molar-refractivity contribution in [2.24, 2.45) is 0 Å². The second-order valence-electron chi connectivity index (χ2n) is 6.43. The molecule has 1 aliphatic heterocycles. The van der Waals surface area contributed by atoms with Crippen LogP contribution >= 0.6 is 0 Å². The molecule has 7 nitrogen and oxygen atoms in total. The maximum absolute atomic E-state index is 14.0. The van der Waals surface area contributed by atoms with Crippen molar-refractivity contribution in [1.29, 1.82) is 0 Å². The minimum absolute atomic E-state index is 0.220. The Labute approximate surface area is 161 Å². The van der Waals surface area contributed by atoms with E-state index in [0.29, 0.717) is 55.8 Å². The van der Waals surface area contributed by atoms with Gasteiger partial charge in [0, 0.05) is 32.4 Å². The summed E-state index contributed by atoms with van der Waals surface area (Å²) in [5, 5.41) is 2.77. The van der Waals surface area contributed by atoms with E-state index in [4.69, 9.17) is 4.42 Å². The van der Waals surface area contributed by atoms with Gasteiger partial charge in [-0.25, -0.2) is 14.4 Å². The van der Waals surface area contributed by atoms with Crippen LogP contribution in [0.3, 0.4) is 0 Å². The van der Waals surface area contributed by atoms with Gasteiger partial charge in [0.1, 0.15) is 17.3 Å². The maximum atomic E-state index is 14.0. The van der Waals surface area contributed by atoms with Crippen LogP contribution in [0.5, 0.6) is 0 Å². The topological polar surface area (TPSA) is 74.5 Å². The van der Waals surface area contributed by atoms with Gasteiger partial charge in [0.05, 0.1) is 18.5 Å². The molecule has 3 aromatic rings. The average molecular weight is 381 g/mol. The molecule has 144 valence electrons. The van der Waals surface area contributed by atoms with Gasteiger partial charge in [0.15, 0.2) is 0 Å². The van der Waals surface area contributed by atoms with E-state index in [-0.39, 0.29) is 11.7 Å². The molecule has 1 amide bonds. The number of carbonyl (C=O) groups excluding carboxylic acids is 1. The molecule has 1 saturated heterocycles. The fourth-order valence-electron chi connectivity index (χ4n) is 3.15. The Morgan fingerprint density at radius 2 is 1.86 bits per heavy atom. The van der Waals surface area contributed by atoms with Gasteiger partial charge >= 0.3 is 0 Å². The number of rotatable bonds is 5. The zero-order valence-electron chi connectivity index (χ0n) is 15.2. The third-order valence-electron chi connectivity index (χ3n) is 4.63. The summed E-state index contributed by atoms with van der Waals surface area (Å²) < 4.78 is 19.2. The molecule has 0 atom stereocenters. The maximum Gasteiger partial charge on any atom is 0.270 e. The lowest BCUT2D eigenvalue weighted by molar-refractivity contribution is 0.0943. The molecule has 8 heteroatoms. The van der Waals surface area contributed by atoms with E-state index in [1.54, 1.807) is 42.8 Å². The van der Waals surface area contributed by atoms with E-state index in [1.807, 2.05) is 15.9 Å². The van der Waals surface area contributed by atoms with Gasteiger partial charge in [-0.2, -0.15) is 0 Å². The standard InChI is InChI=1S/C20H20FN5O2/c21-16-5-1-2-6-18(16)25-9-11-26(12-10-25)20-22-8-7-17(24-20)19(27)23-14-15-4-3-13-28-15/h1-8,13H,9-12,14H2,(H,23,27). The van der Waals surface area contributed by atoms with Gasteiger partial charge in [-0.15, -0.1) is 0 Å². The van der Waals surface area contributed by atoms with E-state index < -0.39 is 0 Å². The Kier molecular flexibility index (Phi) is 5.18. The first-order valence-corrected chi connectivity index (χ1v) is 9.09. The normalized spacial score (nSPS) is 14.2. The number of amides is 1. The van der Waals surface area contributed by atoms with E-state index in [0.717, 1.165) is 0 Å². The molecule has 3 heterocycles. The van der Waals surface area contributed by atoms with Crippen molar-refractivity contribution in [2.45, 2.75) is 6.54 Å². The van der Waals surface area contributed by atoms with Crippen LogP contribution in [0.25, 0.3) is 0 Å². The van der Waals surface area contributed by atoms with E-state index in [9.17, 15) is 9.18 Å². The van der Waals surface area contributed by atoms with Crippen molar-refractivity contribution >= 4 is 17.5 Å². The quantitative estimate of drug-likeness (QED) is 0.732. The Hall–Kier alpha value is -3.42. The van der Waals surface area contributed by atoms with Gasteiger partial charge in [0.25, 0.3) is 5.91 Å². The molecule has 0 saturated carbocycles. The predicted molar refractivity (Wildman–Crippen MR) is 103 cm³/mol. The number of nitrogens with zero attached hydrogens (tertiary/aromatic N) is 4. The van der Waals surface area contributed by atoms with Crippen molar-refractivity contribution in [3.8, 4) is 0 Å². The first-order valence-electron chi connectivity index (χ1n) is 9.09. The highest BCUT2D eigenvalue weighted by Gasteiger charge is 2.21. The third-order valence-corrected chi connectivity index (χ3v) is 4.63. The van der Waals surface area contributed by atoms with Crippen LogP contribution in [0.4, 0.5) is 16.0 Å². The lowest BCUT2D eigenvalue weighted by Crippen LogP contribution is -2.47. The zero-order valence-corrected chi connectivity index (χ0v) is 15.2. The number of piperazine rings is 1. The van der Waals surface area contributed by atoms with Crippen molar-refractivity contribution in [3.05, 3.63) is 72.2 Å². The number of hydrogen-bond donors (Lipinski definition) is 1. The number of anilines is 2. The zero-order chi connectivity index (χ0) is 19.3. The minimum Gasteiger partial charge on any atom is -0.467 e. The molecule has 1 N–H and O–H groups in total. The molecule has 2 aromatic heterocycles. The minimum atomic E-state index is -0.287. The Bertz CT molecular complexity index is 939. The second-order valence-corrected chi connectivity index (χ2v) is 6.43. The highest BCUT2D eigenvalue weighted by Crippen LogP contribution is 2.21. The molecule has 0 aliphatic carbocycles. The highest BCUT2D eigenvalue weighted by atomic mass is 19.1. The molecule has 1 fully saturated rings. The van der Waals surface area contributed by atoms with Gasteiger partial charge in [-0.3, -0.25) is 4.79 Å². The third kappa shape index (κ3) is 3.95. The first-order chi connectivity index (χ1) is 13.7. The molecule has 0 radical (unpaired) electrons. The van der Waals surface area contributed by atoms with Crippen LogP contribution in [-0.2, 0) is 6.54 Å². The van der Waals surface area contributed by atoms with Gasteiger partial charge in [0.2, 0.25) is 5.95 Å². The number of nitrogens with one attached hydrogen (secondary N) is 1. The Balaban J connectivity index is 1.38. The summed E-state index contributed by atoms with van der Waals surface area (Å²) in [6, 6.07) is 11.9. The van der Waals surface area contributed by atoms with Crippen molar-refractivity contribution in [1.82, 2.24) is 15.3 Å². The summed E-state index contributed by atoms with van der Waals surface area (Å²) in [7, 11) is 0. The van der Waals surface area contributed by atoms with Crippen LogP contribution in [0, 0.1) is 5.82 Å². The molecular formula is C20H20FN5O2. The number of carbonyl (C=O) groups is 1. The summed E-state index contributed by atoms with van der Waals surface area (Å²) in [5.41, 5.74) is 0.905. The van der Waals surface area contributed by atoms with Crippen molar-refractivity contribution in [2.75, 3.05) is 36.0 Å². The Morgan fingerprint density at radius 3 is 2.61 bits per heavy atom. The largest absolute Gasteiger partial charge is 0.467 e. The van der Waals surface area contributed by atoms with Crippen molar-refractivity contribution < 1.29 is 13.6 Å². The van der Waals surface area contributed by atoms with E-state index in [1.165, 1.54) is 6.07 Å². The fourth-order valence-corrected chi connectivity index (χ4v) is 3.15. The molecule has 0 spiro atoms. The lowest BCUT2D eigenvalue weighted by Gasteiger charge is -2.36. The number of benzene rings is 1. The van der Waals surface area contributed by atoms with Gasteiger partial charge < -0.3 is 19.5 Å². The molecule has 28 heavy (non-hydrogen) atoms. The summed E-state index contributed by atoms with van der Waals surface area (Å²) in [4.78, 5) is 25.0. The molecular weight excluding hydrogens is 361 g/mol.